The van der Waals surface area contributed by atoms with Gasteiger partial charge in [-0.1, -0.05) is 24.3 Å². The number of fused-ring (bicyclic) bond motifs is 1. The van der Waals surface area contributed by atoms with Gasteiger partial charge in [0.15, 0.2) is 0 Å². The van der Waals surface area contributed by atoms with Crippen molar-refractivity contribution in [3.8, 4) is 0 Å². The van der Waals surface area contributed by atoms with Crippen molar-refractivity contribution in [2.45, 2.75) is 0 Å². The van der Waals surface area contributed by atoms with Crippen molar-refractivity contribution in [2.24, 2.45) is 0 Å². The number of hydrogen-bond donors (Lipinski definition) is 2. The van der Waals surface area contributed by atoms with Crippen LogP contribution in [-0.4, -0.2) is 26.4 Å². The molecule has 0 radical (unpaired) electrons. The summed E-state index contributed by atoms with van der Waals surface area (Å²) >= 11 is 0. The Hall–Kier alpha value is -3.55. The molecule has 120 valence electrons. The van der Waals surface area contributed by atoms with Crippen LogP contribution in [0.2, 0.25) is 0 Å². The molecule has 0 spiro atoms. The van der Waals surface area contributed by atoms with E-state index in [9.17, 15) is 10.1 Å². The van der Waals surface area contributed by atoms with Gasteiger partial charge in [-0.3, -0.25) is 15.1 Å². The van der Waals surface area contributed by atoms with E-state index in [0.29, 0.717) is 17.7 Å². The highest BCUT2D eigenvalue weighted by Gasteiger charge is 2.23. The molecular formula is C16H14N6O2. The van der Waals surface area contributed by atoms with Crippen LogP contribution in [-0.2, 0) is 0 Å². The minimum absolute atomic E-state index is 0.0970. The first kappa shape index (κ1) is 15.3. The van der Waals surface area contributed by atoms with Gasteiger partial charge < -0.3 is 10.6 Å². The topological polar surface area (TPSA) is 106 Å². The molecule has 3 aromatic rings. The molecule has 0 aliphatic heterocycles. The summed E-state index contributed by atoms with van der Waals surface area (Å²) in [7, 11) is 0. The van der Waals surface area contributed by atoms with Gasteiger partial charge in [0.05, 0.1) is 16.1 Å². The SMILES string of the molecule is C=CCNc1ncnc(Nc2cccc3cccnc23)c1[N+](=O)[O-]. The molecule has 3 rings (SSSR count). The van der Waals surface area contributed by atoms with Crippen molar-refractivity contribution >= 4 is 33.9 Å². The van der Waals surface area contributed by atoms with E-state index in [0.717, 1.165) is 5.39 Å². The van der Waals surface area contributed by atoms with Crippen LogP contribution in [0.3, 0.4) is 0 Å². The minimum atomic E-state index is -0.522. The molecule has 0 fully saturated rings. The first-order chi connectivity index (χ1) is 11.7. The van der Waals surface area contributed by atoms with E-state index in [1.807, 2.05) is 24.3 Å². The smallest absolute Gasteiger partial charge is 0.353 e. The Morgan fingerprint density at radius 1 is 1.17 bits per heavy atom. The zero-order valence-electron chi connectivity index (χ0n) is 12.6. The van der Waals surface area contributed by atoms with Crippen LogP contribution in [0.5, 0.6) is 0 Å². The molecule has 0 amide bonds. The van der Waals surface area contributed by atoms with E-state index < -0.39 is 4.92 Å². The second kappa shape index (κ2) is 6.69. The van der Waals surface area contributed by atoms with Gasteiger partial charge in [-0.2, -0.15) is 0 Å². The zero-order chi connectivity index (χ0) is 16.9. The Bertz CT molecular complexity index is 907. The molecule has 8 heteroatoms. The van der Waals surface area contributed by atoms with Crippen molar-refractivity contribution in [2.75, 3.05) is 17.2 Å². The van der Waals surface area contributed by atoms with Crippen molar-refractivity contribution < 1.29 is 4.92 Å². The number of hydrogen-bond acceptors (Lipinski definition) is 7. The van der Waals surface area contributed by atoms with Crippen molar-refractivity contribution in [3.63, 3.8) is 0 Å². The molecule has 0 saturated carbocycles. The fourth-order valence-electron chi connectivity index (χ4n) is 2.27. The van der Waals surface area contributed by atoms with Crippen LogP contribution in [0.15, 0.2) is 55.5 Å². The summed E-state index contributed by atoms with van der Waals surface area (Å²) in [6, 6.07) is 9.29. The number of para-hydroxylation sites is 1. The van der Waals surface area contributed by atoms with Crippen LogP contribution in [0, 0.1) is 10.1 Å². The van der Waals surface area contributed by atoms with Crippen molar-refractivity contribution in [1.29, 1.82) is 0 Å². The quantitative estimate of drug-likeness (QED) is 0.407. The van der Waals surface area contributed by atoms with Crippen LogP contribution >= 0.6 is 0 Å². The minimum Gasteiger partial charge on any atom is -0.361 e. The lowest BCUT2D eigenvalue weighted by atomic mass is 10.2. The van der Waals surface area contributed by atoms with Crippen LogP contribution in [0.25, 0.3) is 10.9 Å². The van der Waals surface area contributed by atoms with E-state index >= 15 is 0 Å². The third-order valence-electron chi connectivity index (χ3n) is 3.30. The molecule has 0 aliphatic carbocycles. The van der Waals surface area contributed by atoms with E-state index in [1.54, 1.807) is 18.3 Å². The second-order valence-electron chi connectivity index (χ2n) is 4.85. The van der Waals surface area contributed by atoms with E-state index in [4.69, 9.17) is 0 Å². The lowest BCUT2D eigenvalue weighted by Crippen LogP contribution is -2.08. The summed E-state index contributed by atoms with van der Waals surface area (Å²) in [5, 5.41) is 18.2. The fraction of sp³-hybridized carbons (Fsp3) is 0.0625. The van der Waals surface area contributed by atoms with Gasteiger partial charge in [0.2, 0.25) is 11.6 Å². The predicted octanol–water partition coefficient (Wildman–Crippen LogP) is 3.27. The molecule has 0 unspecified atom stereocenters. The van der Waals surface area contributed by atoms with Gasteiger partial charge in [0, 0.05) is 18.1 Å². The molecule has 2 aromatic heterocycles. The molecule has 1 aromatic carbocycles. The fourth-order valence-corrected chi connectivity index (χ4v) is 2.27. The summed E-state index contributed by atoms with van der Waals surface area (Å²) in [5.74, 6) is 0.227. The van der Waals surface area contributed by atoms with Gasteiger partial charge >= 0.3 is 5.69 Å². The Morgan fingerprint density at radius 3 is 2.75 bits per heavy atom. The van der Waals surface area contributed by atoms with Gasteiger partial charge in [-0.25, -0.2) is 9.97 Å². The summed E-state index contributed by atoms with van der Waals surface area (Å²) in [6.07, 6.45) is 4.52. The first-order valence-electron chi connectivity index (χ1n) is 7.15. The van der Waals surface area contributed by atoms with E-state index in [-0.39, 0.29) is 17.3 Å². The Labute approximate surface area is 137 Å². The number of rotatable bonds is 6. The number of pyridine rings is 1. The van der Waals surface area contributed by atoms with Crippen LogP contribution in [0.1, 0.15) is 0 Å². The van der Waals surface area contributed by atoms with Gasteiger partial charge in [0.1, 0.15) is 6.33 Å². The maximum atomic E-state index is 11.5. The standard InChI is InChI=1S/C16H14N6O2/c1-2-8-18-15-14(22(23)24)16(20-10-19-15)21-12-7-3-5-11-6-4-9-17-13(11)12/h2-7,9-10H,1,8H2,(H2,18,19,20,21). The molecule has 24 heavy (non-hydrogen) atoms. The van der Waals surface area contributed by atoms with Crippen LogP contribution < -0.4 is 10.6 Å². The van der Waals surface area contributed by atoms with Gasteiger partial charge in [-0.15, -0.1) is 6.58 Å². The van der Waals surface area contributed by atoms with Crippen molar-refractivity contribution in [1.82, 2.24) is 15.0 Å². The van der Waals surface area contributed by atoms with E-state index in [2.05, 4.69) is 32.2 Å². The van der Waals surface area contributed by atoms with Crippen LogP contribution in [0.4, 0.5) is 23.0 Å². The average molecular weight is 322 g/mol. The highest BCUT2D eigenvalue weighted by atomic mass is 16.6. The summed E-state index contributed by atoms with van der Waals surface area (Å²) in [4.78, 5) is 23.2. The number of nitrogens with one attached hydrogen (secondary N) is 2. The molecule has 2 heterocycles. The molecular weight excluding hydrogens is 308 g/mol. The molecule has 2 N–H and O–H groups in total. The summed E-state index contributed by atoms with van der Waals surface area (Å²) < 4.78 is 0. The summed E-state index contributed by atoms with van der Waals surface area (Å²) in [5.41, 5.74) is 1.10. The molecule has 0 atom stereocenters. The van der Waals surface area contributed by atoms with Gasteiger partial charge in [0.25, 0.3) is 0 Å². The maximum Gasteiger partial charge on any atom is 0.353 e. The number of benzene rings is 1. The third kappa shape index (κ3) is 2.98. The molecule has 8 nitrogen and oxygen atoms in total. The van der Waals surface area contributed by atoms with Crippen molar-refractivity contribution in [3.05, 3.63) is 65.6 Å². The zero-order valence-corrected chi connectivity index (χ0v) is 12.6. The molecule has 0 saturated heterocycles. The molecule has 0 aliphatic rings. The lowest BCUT2D eigenvalue weighted by molar-refractivity contribution is -0.383. The first-order valence-corrected chi connectivity index (χ1v) is 7.15. The molecule has 0 bridgehead atoms. The highest BCUT2D eigenvalue weighted by Crippen LogP contribution is 2.32. The second-order valence-corrected chi connectivity index (χ2v) is 4.85. The lowest BCUT2D eigenvalue weighted by Gasteiger charge is -2.10. The Kier molecular flexibility index (Phi) is 4.28. The Morgan fingerprint density at radius 2 is 1.96 bits per heavy atom. The number of anilines is 3. The normalized spacial score (nSPS) is 10.3. The van der Waals surface area contributed by atoms with Gasteiger partial charge in [-0.05, 0) is 12.1 Å². The summed E-state index contributed by atoms with van der Waals surface area (Å²) in [6.45, 7) is 3.93. The number of aromatic nitrogens is 3. The average Bonchev–Trinajstić information content (AvgIpc) is 2.60. The third-order valence-corrected chi connectivity index (χ3v) is 3.30. The monoisotopic (exact) mass is 322 g/mol. The van der Waals surface area contributed by atoms with E-state index in [1.165, 1.54) is 6.33 Å². The maximum absolute atomic E-state index is 11.5. The largest absolute Gasteiger partial charge is 0.361 e. The predicted molar refractivity (Wildman–Crippen MR) is 92.4 cm³/mol. The number of nitrogens with zero attached hydrogens (tertiary/aromatic N) is 4. The Balaban J connectivity index is 2.06. The highest BCUT2D eigenvalue weighted by molar-refractivity contribution is 5.92. The number of nitro groups is 1.